The van der Waals surface area contributed by atoms with Crippen molar-refractivity contribution in [3.63, 3.8) is 0 Å². The Morgan fingerprint density at radius 1 is 0.881 bits per heavy atom. The van der Waals surface area contributed by atoms with E-state index in [0.717, 1.165) is 21.2 Å². The summed E-state index contributed by atoms with van der Waals surface area (Å²) in [6.07, 6.45) is 0.832. The Balaban J connectivity index is 1.38. The zero-order valence-electron chi connectivity index (χ0n) is 22.6. The van der Waals surface area contributed by atoms with Crippen molar-refractivity contribution in [2.24, 2.45) is 5.10 Å². The van der Waals surface area contributed by atoms with Gasteiger partial charge >= 0.3 is 0 Å². The maximum absolute atomic E-state index is 13.1. The van der Waals surface area contributed by atoms with Gasteiger partial charge in [-0.2, -0.15) is 5.10 Å². The SMILES string of the molecule is C[C@@H](Oc1ccc(Cl)cc1Cl)C(=O)N[C@@H](Cc1ccccc1)C(=O)N/N=C\c1ccc(OCc2ccccc2)c(Br)c1. The standard InChI is InChI=1S/C32H28BrCl2N3O4/c1-21(42-30-15-13-25(34)18-27(30)35)31(39)37-28(17-22-8-4-2-5-9-22)32(40)38-36-19-24-12-14-29(26(33)16-24)41-20-23-10-6-3-7-11-23/h2-16,18-19,21,28H,17,20H2,1H3,(H,37,39)(H,38,40)/b36-19-/t21-,28+/m1/s1. The van der Waals surface area contributed by atoms with Gasteiger partial charge in [0.1, 0.15) is 24.1 Å². The molecule has 7 nitrogen and oxygen atoms in total. The predicted octanol–water partition coefficient (Wildman–Crippen LogP) is 6.98. The van der Waals surface area contributed by atoms with Crippen LogP contribution in [0, 0.1) is 0 Å². The Hall–Kier alpha value is -3.85. The first-order valence-electron chi connectivity index (χ1n) is 13.0. The van der Waals surface area contributed by atoms with E-state index in [-0.39, 0.29) is 11.4 Å². The van der Waals surface area contributed by atoms with Crippen molar-refractivity contribution in [3.05, 3.63) is 128 Å². The summed E-state index contributed by atoms with van der Waals surface area (Å²) >= 11 is 15.6. The van der Waals surface area contributed by atoms with Gasteiger partial charge in [0.05, 0.1) is 15.7 Å². The molecule has 216 valence electrons. The van der Waals surface area contributed by atoms with E-state index in [9.17, 15) is 9.59 Å². The summed E-state index contributed by atoms with van der Waals surface area (Å²) in [6, 6.07) is 28.5. The highest BCUT2D eigenvalue weighted by atomic mass is 79.9. The van der Waals surface area contributed by atoms with E-state index in [1.165, 1.54) is 12.3 Å². The summed E-state index contributed by atoms with van der Waals surface area (Å²) in [6.45, 7) is 2.01. The fourth-order valence-electron chi connectivity index (χ4n) is 3.86. The lowest BCUT2D eigenvalue weighted by molar-refractivity contribution is -0.132. The minimum absolute atomic E-state index is 0.251. The van der Waals surface area contributed by atoms with E-state index in [1.807, 2.05) is 78.9 Å². The summed E-state index contributed by atoms with van der Waals surface area (Å²) in [4.78, 5) is 26.1. The molecular weight excluding hydrogens is 641 g/mol. The number of ether oxygens (including phenoxy) is 2. The Morgan fingerprint density at radius 2 is 1.55 bits per heavy atom. The summed E-state index contributed by atoms with van der Waals surface area (Å²) in [5.74, 6) is 0.0140. The quantitative estimate of drug-likeness (QED) is 0.126. The second-order valence-electron chi connectivity index (χ2n) is 9.28. The Labute approximate surface area is 263 Å². The molecule has 2 amide bonds. The van der Waals surface area contributed by atoms with Gasteiger partial charge < -0.3 is 14.8 Å². The highest BCUT2D eigenvalue weighted by Gasteiger charge is 2.25. The Bertz CT molecular complexity index is 1540. The maximum Gasteiger partial charge on any atom is 0.262 e. The molecule has 0 fully saturated rings. The van der Waals surface area contributed by atoms with Crippen LogP contribution in [0.2, 0.25) is 10.0 Å². The van der Waals surface area contributed by atoms with Crippen molar-refractivity contribution in [1.82, 2.24) is 10.7 Å². The topological polar surface area (TPSA) is 89.0 Å². The van der Waals surface area contributed by atoms with Gasteiger partial charge in [0, 0.05) is 11.4 Å². The minimum atomic E-state index is -0.932. The van der Waals surface area contributed by atoms with Crippen molar-refractivity contribution in [3.8, 4) is 11.5 Å². The Morgan fingerprint density at radius 3 is 2.21 bits per heavy atom. The van der Waals surface area contributed by atoms with Crippen molar-refractivity contribution < 1.29 is 19.1 Å². The van der Waals surface area contributed by atoms with Crippen molar-refractivity contribution in [2.75, 3.05) is 0 Å². The number of benzene rings is 4. The molecule has 10 heteroatoms. The van der Waals surface area contributed by atoms with Crippen LogP contribution in [-0.4, -0.2) is 30.2 Å². The van der Waals surface area contributed by atoms with E-state index in [1.54, 1.807) is 19.1 Å². The number of hydrazone groups is 1. The minimum Gasteiger partial charge on any atom is -0.488 e. The van der Waals surface area contributed by atoms with Gasteiger partial charge in [0.25, 0.3) is 11.8 Å². The largest absolute Gasteiger partial charge is 0.488 e. The third-order valence-corrected chi connectivity index (χ3v) is 7.21. The average molecular weight is 669 g/mol. The van der Waals surface area contributed by atoms with Crippen LogP contribution in [0.15, 0.2) is 107 Å². The van der Waals surface area contributed by atoms with Gasteiger partial charge in [0.2, 0.25) is 0 Å². The summed E-state index contributed by atoms with van der Waals surface area (Å²) < 4.78 is 12.4. The van der Waals surface area contributed by atoms with E-state index in [0.29, 0.717) is 23.1 Å². The molecule has 0 radical (unpaired) electrons. The van der Waals surface area contributed by atoms with Crippen LogP contribution < -0.4 is 20.2 Å². The molecule has 0 spiro atoms. The normalized spacial score (nSPS) is 12.4. The summed E-state index contributed by atoms with van der Waals surface area (Å²) in [5.41, 5.74) is 5.20. The number of nitrogens with one attached hydrogen (secondary N) is 2. The second kappa shape index (κ2) is 15.4. The van der Waals surface area contributed by atoms with Gasteiger partial charge in [0.15, 0.2) is 6.10 Å². The van der Waals surface area contributed by atoms with Crippen molar-refractivity contribution in [2.45, 2.75) is 32.1 Å². The van der Waals surface area contributed by atoms with Gasteiger partial charge in [-0.1, -0.05) is 83.9 Å². The number of rotatable bonds is 12. The number of hydrogen-bond donors (Lipinski definition) is 2. The fraction of sp³-hybridized carbons (Fsp3) is 0.156. The van der Waals surface area contributed by atoms with Crippen molar-refractivity contribution >= 4 is 57.2 Å². The molecule has 0 unspecified atom stereocenters. The summed E-state index contributed by atoms with van der Waals surface area (Å²) in [7, 11) is 0. The zero-order valence-corrected chi connectivity index (χ0v) is 25.7. The predicted molar refractivity (Wildman–Crippen MR) is 169 cm³/mol. The van der Waals surface area contributed by atoms with Crippen LogP contribution in [-0.2, 0) is 22.6 Å². The zero-order chi connectivity index (χ0) is 29.9. The molecule has 0 heterocycles. The molecule has 0 aliphatic carbocycles. The van der Waals surface area contributed by atoms with E-state index >= 15 is 0 Å². The highest BCUT2D eigenvalue weighted by molar-refractivity contribution is 9.10. The highest BCUT2D eigenvalue weighted by Crippen LogP contribution is 2.28. The molecule has 0 aliphatic rings. The molecule has 0 aromatic heterocycles. The van der Waals surface area contributed by atoms with Gasteiger partial charge in [-0.3, -0.25) is 9.59 Å². The number of hydrogen-bond acceptors (Lipinski definition) is 5. The Kier molecular flexibility index (Phi) is 11.4. The molecule has 4 rings (SSSR count). The van der Waals surface area contributed by atoms with Gasteiger partial charge in [-0.05, 0) is 75.9 Å². The number of halogens is 3. The average Bonchev–Trinajstić information content (AvgIpc) is 2.98. The van der Waals surface area contributed by atoms with Crippen molar-refractivity contribution in [1.29, 1.82) is 0 Å². The molecule has 0 saturated carbocycles. The third kappa shape index (κ3) is 9.34. The molecule has 0 saturated heterocycles. The molecule has 42 heavy (non-hydrogen) atoms. The van der Waals surface area contributed by atoms with Crippen LogP contribution in [0.4, 0.5) is 0 Å². The lowest BCUT2D eigenvalue weighted by atomic mass is 10.1. The first kappa shape index (κ1) is 31.1. The number of nitrogens with zero attached hydrogens (tertiary/aromatic N) is 1. The molecular formula is C32H28BrCl2N3O4. The van der Waals surface area contributed by atoms with Crippen LogP contribution in [0.5, 0.6) is 11.5 Å². The molecule has 2 atom stereocenters. The molecule has 2 N–H and O–H groups in total. The molecule has 0 bridgehead atoms. The summed E-state index contributed by atoms with van der Waals surface area (Å²) in [5, 5.41) is 7.60. The lowest BCUT2D eigenvalue weighted by Crippen LogP contribution is -2.50. The van der Waals surface area contributed by atoms with Gasteiger partial charge in [-0.15, -0.1) is 0 Å². The fourth-order valence-corrected chi connectivity index (χ4v) is 4.83. The first-order chi connectivity index (χ1) is 20.3. The molecule has 4 aromatic rings. The van der Waals surface area contributed by atoms with Gasteiger partial charge in [-0.25, -0.2) is 5.43 Å². The maximum atomic E-state index is 13.1. The number of carbonyl (C=O) groups excluding carboxylic acids is 2. The van der Waals surface area contributed by atoms with Crippen LogP contribution >= 0.6 is 39.1 Å². The van der Waals surface area contributed by atoms with Crippen LogP contribution in [0.25, 0.3) is 0 Å². The van der Waals surface area contributed by atoms with E-state index < -0.39 is 24.0 Å². The van der Waals surface area contributed by atoms with E-state index in [4.69, 9.17) is 32.7 Å². The smallest absolute Gasteiger partial charge is 0.262 e. The second-order valence-corrected chi connectivity index (χ2v) is 11.0. The van der Waals surface area contributed by atoms with Crippen LogP contribution in [0.1, 0.15) is 23.6 Å². The molecule has 0 aliphatic heterocycles. The van der Waals surface area contributed by atoms with E-state index in [2.05, 4.69) is 31.8 Å². The number of carbonyl (C=O) groups is 2. The monoisotopic (exact) mass is 667 g/mol. The van der Waals surface area contributed by atoms with Crippen LogP contribution in [0.3, 0.4) is 0 Å². The lowest BCUT2D eigenvalue weighted by Gasteiger charge is -2.21. The molecule has 4 aromatic carbocycles. The first-order valence-corrected chi connectivity index (χ1v) is 14.6. The third-order valence-electron chi connectivity index (χ3n) is 6.06. The number of amides is 2.